The van der Waals surface area contributed by atoms with E-state index < -0.39 is 0 Å². The van der Waals surface area contributed by atoms with Crippen molar-refractivity contribution in [1.29, 1.82) is 0 Å². The lowest BCUT2D eigenvalue weighted by Crippen LogP contribution is -2.35. The number of nitrogens with one attached hydrogen (secondary N) is 1. The minimum absolute atomic E-state index is 0.578. The quantitative estimate of drug-likeness (QED) is 0.874. The van der Waals surface area contributed by atoms with Crippen molar-refractivity contribution in [3.63, 3.8) is 0 Å². The van der Waals surface area contributed by atoms with E-state index in [0.717, 1.165) is 12.5 Å². The molecule has 1 N–H and O–H groups in total. The number of rotatable bonds is 5. The van der Waals surface area contributed by atoms with E-state index in [1.54, 1.807) is 0 Å². The van der Waals surface area contributed by atoms with Gasteiger partial charge in [-0.05, 0) is 50.8 Å². The second-order valence-corrected chi connectivity index (χ2v) is 7.39. The van der Waals surface area contributed by atoms with Gasteiger partial charge in [-0.15, -0.1) is 0 Å². The number of piperidine rings is 1. The van der Waals surface area contributed by atoms with Crippen molar-refractivity contribution in [3.8, 4) is 11.1 Å². The van der Waals surface area contributed by atoms with Crippen LogP contribution in [0.5, 0.6) is 0 Å². The zero-order valence-electron chi connectivity index (χ0n) is 14.7. The van der Waals surface area contributed by atoms with Crippen molar-refractivity contribution < 1.29 is 0 Å². The fourth-order valence-corrected chi connectivity index (χ4v) is 3.51. The Balaban J connectivity index is 1.74. The molecule has 0 bridgehead atoms. The van der Waals surface area contributed by atoms with Crippen LogP contribution in [0.25, 0.3) is 11.1 Å². The van der Waals surface area contributed by atoms with E-state index in [1.807, 2.05) is 6.20 Å². The summed E-state index contributed by atoms with van der Waals surface area (Å²) in [6, 6.07) is 8.79. The summed E-state index contributed by atoms with van der Waals surface area (Å²) >= 11 is 0. The van der Waals surface area contributed by atoms with Gasteiger partial charge in [0.2, 0.25) is 0 Å². The van der Waals surface area contributed by atoms with Gasteiger partial charge in [0.05, 0.1) is 6.20 Å². The van der Waals surface area contributed by atoms with Gasteiger partial charge in [-0.2, -0.15) is 5.10 Å². The zero-order chi connectivity index (χ0) is 16.2. The van der Waals surface area contributed by atoms with Crippen molar-refractivity contribution in [3.05, 3.63) is 41.7 Å². The van der Waals surface area contributed by atoms with Crippen LogP contribution in [0.15, 0.2) is 30.5 Å². The molecule has 1 aromatic carbocycles. The first kappa shape index (κ1) is 16.3. The number of H-pyrrole nitrogens is 1. The number of aromatic nitrogens is 2. The second kappa shape index (κ2) is 7.31. The van der Waals surface area contributed by atoms with Crippen LogP contribution in [-0.2, 0) is 0 Å². The lowest BCUT2D eigenvalue weighted by atomic mass is 9.90. The van der Waals surface area contributed by atoms with Crippen LogP contribution in [0.1, 0.15) is 50.3 Å². The molecule has 1 aromatic heterocycles. The van der Waals surface area contributed by atoms with Gasteiger partial charge in [-0.25, -0.2) is 0 Å². The Morgan fingerprint density at radius 2 is 2.04 bits per heavy atom. The maximum Gasteiger partial charge on any atom is 0.0568 e. The number of aromatic amines is 1. The molecule has 0 amide bonds. The summed E-state index contributed by atoms with van der Waals surface area (Å²) in [6.45, 7) is 10.4. The largest absolute Gasteiger partial charge is 0.303 e. The lowest BCUT2D eigenvalue weighted by molar-refractivity contribution is 0.196. The van der Waals surface area contributed by atoms with Crippen LogP contribution in [0.2, 0.25) is 0 Å². The fraction of sp³-hybridized carbons (Fsp3) is 0.550. The molecule has 1 saturated heterocycles. The first-order chi connectivity index (χ1) is 11.1. The molecular formula is C20H29N3. The van der Waals surface area contributed by atoms with Gasteiger partial charge in [-0.1, -0.05) is 43.7 Å². The first-order valence-electron chi connectivity index (χ1n) is 8.96. The minimum Gasteiger partial charge on any atom is -0.303 e. The third-order valence-corrected chi connectivity index (χ3v) is 4.97. The number of hydrogen-bond donors (Lipinski definition) is 1. The zero-order valence-corrected chi connectivity index (χ0v) is 14.7. The average Bonchev–Trinajstić information content (AvgIpc) is 3.03. The second-order valence-electron chi connectivity index (χ2n) is 7.39. The van der Waals surface area contributed by atoms with Crippen LogP contribution in [0.3, 0.4) is 0 Å². The van der Waals surface area contributed by atoms with Crippen LogP contribution in [0.4, 0.5) is 0 Å². The summed E-state index contributed by atoms with van der Waals surface area (Å²) in [5.74, 6) is 1.36. The maximum absolute atomic E-state index is 4.35. The highest BCUT2D eigenvalue weighted by atomic mass is 15.1. The third-order valence-electron chi connectivity index (χ3n) is 4.97. The van der Waals surface area contributed by atoms with Crippen molar-refractivity contribution in [2.75, 3.05) is 19.6 Å². The standard InChI is InChI=1S/C20H29N3/c1-15(2)10-12-23-11-4-5-18(14-23)20-19(13-21-22-20)17-8-6-16(3)7-9-17/h6-9,13,15,18H,4-5,10-12,14H2,1-3H3,(H,21,22). The molecule has 0 spiro atoms. The van der Waals surface area contributed by atoms with Crippen LogP contribution in [0, 0.1) is 12.8 Å². The minimum atomic E-state index is 0.578. The van der Waals surface area contributed by atoms with Gasteiger partial charge in [0.25, 0.3) is 0 Å². The molecule has 3 nitrogen and oxygen atoms in total. The fourth-order valence-electron chi connectivity index (χ4n) is 3.51. The molecule has 1 atom stereocenters. The highest BCUT2D eigenvalue weighted by molar-refractivity contribution is 5.66. The van der Waals surface area contributed by atoms with Gasteiger partial charge in [0.15, 0.2) is 0 Å². The van der Waals surface area contributed by atoms with Gasteiger partial charge in [0.1, 0.15) is 0 Å². The van der Waals surface area contributed by atoms with E-state index in [-0.39, 0.29) is 0 Å². The first-order valence-corrected chi connectivity index (χ1v) is 8.96. The highest BCUT2D eigenvalue weighted by Crippen LogP contribution is 2.33. The predicted octanol–water partition coefficient (Wildman–Crippen LogP) is 4.61. The van der Waals surface area contributed by atoms with Gasteiger partial charge in [-0.3, -0.25) is 5.10 Å². The molecule has 1 fully saturated rings. The number of aryl methyl sites for hydroxylation is 1. The van der Waals surface area contributed by atoms with Crippen molar-refractivity contribution in [2.24, 2.45) is 5.92 Å². The Labute approximate surface area is 140 Å². The molecule has 3 rings (SSSR count). The summed E-state index contributed by atoms with van der Waals surface area (Å²) in [4.78, 5) is 2.63. The molecule has 3 heteroatoms. The summed E-state index contributed by atoms with van der Waals surface area (Å²) in [5.41, 5.74) is 5.18. The van der Waals surface area contributed by atoms with Crippen LogP contribution >= 0.6 is 0 Å². The Morgan fingerprint density at radius 1 is 1.26 bits per heavy atom. The van der Waals surface area contributed by atoms with Gasteiger partial charge >= 0.3 is 0 Å². The molecular weight excluding hydrogens is 282 g/mol. The molecule has 0 radical (unpaired) electrons. The molecule has 2 heterocycles. The summed E-state index contributed by atoms with van der Waals surface area (Å²) < 4.78 is 0. The van der Waals surface area contributed by atoms with E-state index in [4.69, 9.17) is 0 Å². The maximum atomic E-state index is 4.35. The third kappa shape index (κ3) is 4.03. The number of hydrogen-bond acceptors (Lipinski definition) is 2. The number of nitrogens with zero attached hydrogens (tertiary/aromatic N) is 2. The van der Waals surface area contributed by atoms with Crippen molar-refractivity contribution in [2.45, 2.75) is 46.0 Å². The van der Waals surface area contributed by atoms with E-state index in [0.29, 0.717) is 5.92 Å². The Morgan fingerprint density at radius 3 is 2.78 bits per heavy atom. The van der Waals surface area contributed by atoms with Crippen molar-refractivity contribution >= 4 is 0 Å². The topological polar surface area (TPSA) is 31.9 Å². The molecule has 2 aromatic rings. The molecule has 1 aliphatic rings. The Bertz CT molecular complexity index is 612. The number of benzene rings is 1. The number of likely N-dealkylation sites (tertiary alicyclic amines) is 1. The molecule has 0 aliphatic carbocycles. The average molecular weight is 311 g/mol. The molecule has 0 saturated carbocycles. The monoisotopic (exact) mass is 311 g/mol. The van der Waals surface area contributed by atoms with Gasteiger partial charge < -0.3 is 4.90 Å². The van der Waals surface area contributed by atoms with E-state index in [1.165, 1.54) is 54.7 Å². The highest BCUT2D eigenvalue weighted by Gasteiger charge is 2.25. The SMILES string of the molecule is Cc1ccc(-c2cn[nH]c2C2CCCN(CCC(C)C)C2)cc1. The van der Waals surface area contributed by atoms with Gasteiger partial charge in [0, 0.05) is 23.7 Å². The van der Waals surface area contributed by atoms with Crippen molar-refractivity contribution in [1.82, 2.24) is 15.1 Å². The summed E-state index contributed by atoms with van der Waals surface area (Å²) in [5, 5.41) is 7.65. The lowest BCUT2D eigenvalue weighted by Gasteiger charge is -2.33. The Hall–Kier alpha value is -1.61. The summed E-state index contributed by atoms with van der Waals surface area (Å²) in [6.07, 6.45) is 5.84. The molecule has 1 unspecified atom stereocenters. The smallest absolute Gasteiger partial charge is 0.0568 e. The van der Waals surface area contributed by atoms with Crippen LogP contribution in [-0.4, -0.2) is 34.7 Å². The molecule has 1 aliphatic heterocycles. The van der Waals surface area contributed by atoms with Crippen LogP contribution < -0.4 is 0 Å². The molecule has 23 heavy (non-hydrogen) atoms. The van der Waals surface area contributed by atoms with E-state index >= 15 is 0 Å². The Kier molecular flexibility index (Phi) is 5.16. The predicted molar refractivity (Wildman–Crippen MR) is 96.6 cm³/mol. The van der Waals surface area contributed by atoms with E-state index in [9.17, 15) is 0 Å². The normalized spacial score (nSPS) is 19.4. The summed E-state index contributed by atoms with van der Waals surface area (Å²) in [7, 11) is 0. The van der Waals surface area contributed by atoms with E-state index in [2.05, 4.69) is 60.1 Å². The molecule has 124 valence electrons.